The number of rotatable bonds is 2. The number of carbonyl (C=O) groups excluding carboxylic acids is 1. The highest BCUT2D eigenvalue weighted by Crippen LogP contribution is 2.35. The highest BCUT2D eigenvalue weighted by molar-refractivity contribution is 7.16. The van der Waals surface area contributed by atoms with Gasteiger partial charge in [0.2, 0.25) is 0 Å². The summed E-state index contributed by atoms with van der Waals surface area (Å²) in [5.74, 6) is 4.77. The van der Waals surface area contributed by atoms with Crippen LogP contribution < -0.4 is 23.7 Å². The minimum atomic E-state index is -0.378. The summed E-state index contributed by atoms with van der Waals surface area (Å²) < 4.78 is 25.1. The van der Waals surface area contributed by atoms with Crippen molar-refractivity contribution in [1.82, 2.24) is 4.57 Å². The van der Waals surface area contributed by atoms with Crippen molar-refractivity contribution in [3.63, 3.8) is 0 Å². The van der Waals surface area contributed by atoms with Gasteiger partial charge >= 0.3 is 0 Å². The maximum atomic E-state index is 12.8. The molecule has 0 N–H and O–H groups in total. The molecule has 0 saturated carbocycles. The fourth-order valence-electron chi connectivity index (χ4n) is 3.26. The van der Waals surface area contributed by atoms with E-state index in [9.17, 15) is 4.79 Å². The Morgan fingerprint density at radius 1 is 1.00 bits per heavy atom. The lowest BCUT2D eigenvalue weighted by Gasteiger charge is -2.18. The van der Waals surface area contributed by atoms with Gasteiger partial charge in [-0.05, 0) is 18.2 Å². The Morgan fingerprint density at radius 3 is 2.38 bits per heavy atom. The molecule has 3 aromatic rings. The molecule has 3 heterocycles. The number of thiazole rings is 1. The van der Waals surface area contributed by atoms with E-state index < -0.39 is 0 Å². The van der Waals surface area contributed by atoms with E-state index >= 15 is 0 Å². The van der Waals surface area contributed by atoms with Crippen LogP contribution in [0, 0.1) is 12.3 Å². The Hall–Kier alpha value is -3.44. The van der Waals surface area contributed by atoms with Gasteiger partial charge in [-0.15, -0.1) is 6.42 Å². The molecule has 0 radical (unpaired) electrons. The minimum absolute atomic E-state index is 0.285. The van der Waals surface area contributed by atoms with Crippen LogP contribution in [0.4, 0.5) is 0 Å². The maximum Gasteiger partial charge on any atom is 0.279 e. The first-order chi connectivity index (χ1) is 14.2. The smallest absolute Gasteiger partial charge is 0.279 e. The predicted molar refractivity (Wildman–Crippen MR) is 107 cm³/mol. The maximum absolute atomic E-state index is 12.8. The molecule has 0 bridgehead atoms. The number of benzene rings is 2. The Labute approximate surface area is 170 Å². The van der Waals surface area contributed by atoms with Crippen LogP contribution in [0.3, 0.4) is 0 Å². The first kappa shape index (κ1) is 17.6. The molecule has 2 aliphatic rings. The van der Waals surface area contributed by atoms with E-state index in [0.29, 0.717) is 59.8 Å². The normalized spacial score (nSPS) is 15.2. The molecule has 8 heteroatoms. The molecule has 0 fully saturated rings. The summed E-state index contributed by atoms with van der Waals surface area (Å²) in [6, 6.07) is 8.83. The largest absolute Gasteiger partial charge is 0.486 e. The van der Waals surface area contributed by atoms with Crippen LogP contribution in [0.15, 0.2) is 35.3 Å². The van der Waals surface area contributed by atoms with Crippen LogP contribution in [0.1, 0.15) is 10.4 Å². The molecule has 0 unspecified atom stereocenters. The van der Waals surface area contributed by atoms with E-state index in [2.05, 4.69) is 10.9 Å². The molecular weight excluding hydrogens is 392 g/mol. The standard InChI is InChI=1S/C21H16N2O5S/c1-2-5-23-14-11-17-18(28-9-8-27-17)12-19(14)29-21(23)22-20(24)13-3-4-15-16(10-13)26-7-6-25-15/h1,3-4,10-12H,5-9H2. The number of carbonyl (C=O) groups is 1. The summed E-state index contributed by atoms with van der Waals surface area (Å²) in [5.41, 5.74) is 1.27. The molecule has 2 aliphatic heterocycles. The summed E-state index contributed by atoms with van der Waals surface area (Å²) in [5, 5.41) is 0. The zero-order valence-corrected chi connectivity index (χ0v) is 16.2. The second-order valence-electron chi connectivity index (χ2n) is 6.41. The first-order valence-electron chi connectivity index (χ1n) is 9.08. The first-order valence-corrected chi connectivity index (χ1v) is 9.90. The minimum Gasteiger partial charge on any atom is -0.486 e. The quantitative estimate of drug-likeness (QED) is 0.610. The highest BCUT2D eigenvalue weighted by Gasteiger charge is 2.18. The van der Waals surface area contributed by atoms with E-state index in [1.165, 1.54) is 11.3 Å². The monoisotopic (exact) mass is 408 g/mol. The average Bonchev–Trinajstić information content (AvgIpc) is 3.08. The zero-order chi connectivity index (χ0) is 19.8. The third-order valence-corrected chi connectivity index (χ3v) is 5.62. The predicted octanol–water partition coefficient (Wildman–Crippen LogP) is 2.62. The van der Waals surface area contributed by atoms with E-state index in [1.807, 2.05) is 16.7 Å². The summed E-state index contributed by atoms with van der Waals surface area (Å²) in [7, 11) is 0. The van der Waals surface area contributed by atoms with Crippen molar-refractivity contribution < 1.29 is 23.7 Å². The van der Waals surface area contributed by atoms with Crippen molar-refractivity contribution in [2.75, 3.05) is 26.4 Å². The highest BCUT2D eigenvalue weighted by atomic mass is 32.1. The van der Waals surface area contributed by atoms with Crippen LogP contribution >= 0.6 is 11.3 Å². The Morgan fingerprint density at radius 2 is 1.66 bits per heavy atom. The molecule has 5 rings (SSSR count). The van der Waals surface area contributed by atoms with Gasteiger partial charge in [0, 0.05) is 17.7 Å². The van der Waals surface area contributed by atoms with Crippen LogP contribution in [0.25, 0.3) is 10.2 Å². The van der Waals surface area contributed by atoms with Crippen molar-refractivity contribution in [3.05, 3.63) is 40.7 Å². The van der Waals surface area contributed by atoms with Crippen LogP contribution in [-0.2, 0) is 6.54 Å². The third kappa shape index (κ3) is 3.19. The van der Waals surface area contributed by atoms with Crippen molar-refractivity contribution in [2.24, 2.45) is 4.99 Å². The van der Waals surface area contributed by atoms with Gasteiger partial charge in [-0.1, -0.05) is 17.3 Å². The number of hydrogen-bond donors (Lipinski definition) is 0. The summed E-state index contributed by atoms with van der Waals surface area (Å²) in [4.78, 5) is 17.7. The SMILES string of the molecule is C#CCn1c(=NC(=O)c2ccc3c(c2)OCCO3)sc2cc3c(cc21)OCCO3. The number of ether oxygens (including phenoxy) is 4. The second-order valence-corrected chi connectivity index (χ2v) is 7.42. The fraction of sp³-hybridized carbons (Fsp3) is 0.238. The molecule has 1 amide bonds. The Balaban J connectivity index is 1.59. The van der Waals surface area contributed by atoms with Crippen molar-refractivity contribution in [1.29, 1.82) is 0 Å². The van der Waals surface area contributed by atoms with E-state index in [-0.39, 0.29) is 12.5 Å². The van der Waals surface area contributed by atoms with Gasteiger partial charge in [-0.25, -0.2) is 0 Å². The number of fused-ring (bicyclic) bond motifs is 3. The summed E-state index contributed by atoms with van der Waals surface area (Å²) in [6.45, 7) is 2.24. The van der Waals surface area contributed by atoms with E-state index in [1.54, 1.807) is 18.2 Å². The van der Waals surface area contributed by atoms with Gasteiger partial charge in [0.15, 0.2) is 27.8 Å². The molecule has 0 atom stereocenters. The van der Waals surface area contributed by atoms with Crippen molar-refractivity contribution in [2.45, 2.75) is 6.54 Å². The molecule has 0 spiro atoms. The number of nitrogens with zero attached hydrogens (tertiary/aromatic N) is 2. The summed E-state index contributed by atoms with van der Waals surface area (Å²) >= 11 is 1.38. The second kappa shape index (κ2) is 7.18. The Kier molecular flexibility index (Phi) is 4.37. The van der Waals surface area contributed by atoms with Crippen LogP contribution in [0.2, 0.25) is 0 Å². The molecule has 7 nitrogen and oxygen atoms in total. The van der Waals surface area contributed by atoms with Crippen molar-refractivity contribution >= 4 is 27.5 Å². The molecular formula is C21H16N2O5S. The lowest BCUT2D eigenvalue weighted by molar-refractivity contribution is 0.0996. The number of amides is 1. The van der Waals surface area contributed by atoms with Crippen LogP contribution in [0.5, 0.6) is 23.0 Å². The van der Waals surface area contributed by atoms with Gasteiger partial charge in [-0.3, -0.25) is 4.79 Å². The fourth-order valence-corrected chi connectivity index (χ4v) is 4.30. The number of aromatic nitrogens is 1. The van der Waals surface area contributed by atoms with E-state index in [0.717, 1.165) is 10.2 Å². The van der Waals surface area contributed by atoms with Gasteiger partial charge < -0.3 is 23.5 Å². The number of terminal acetylenes is 1. The van der Waals surface area contributed by atoms with Gasteiger partial charge in [0.25, 0.3) is 5.91 Å². The molecule has 0 aliphatic carbocycles. The lowest BCUT2D eigenvalue weighted by Crippen LogP contribution is -2.18. The van der Waals surface area contributed by atoms with Gasteiger partial charge in [-0.2, -0.15) is 4.99 Å². The lowest BCUT2D eigenvalue weighted by atomic mass is 10.2. The zero-order valence-electron chi connectivity index (χ0n) is 15.3. The molecule has 0 saturated heterocycles. The molecule has 1 aromatic heterocycles. The van der Waals surface area contributed by atoms with Gasteiger partial charge in [0.1, 0.15) is 26.4 Å². The molecule has 146 valence electrons. The van der Waals surface area contributed by atoms with E-state index in [4.69, 9.17) is 25.4 Å². The molecule has 29 heavy (non-hydrogen) atoms. The summed E-state index contributed by atoms with van der Waals surface area (Å²) in [6.07, 6.45) is 5.56. The number of hydrogen-bond acceptors (Lipinski definition) is 6. The third-order valence-electron chi connectivity index (χ3n) is 4.58. The van der Waals surface area contributed by atoms with Crippen LogP contribution in [-0.4, -0.2) is 36.9 Å². The Bertz CT molecular complexity index is 1230. The van der Waals surface area contributed by atoms with Crippen molar-refractivity contribution in [3.8, 4) is 35.3 Å². The van der Waals surface area contributed by atoms with Gasteiger partial charge in [0.05, 0.1) is 16.8 Å². The topological polar surface area (TPSA) is 71.3 Å². The molecule has 2 aromatic carbocycles. The average molecular weight is 408 g/mol.